The van der Waals surface area contributed by atoms with Crippen molar-refractivity contribution in [1.82, 2.24) is 14.9 Å². The van der Waals surface area contributed by atoms with Gasteiger partial charge in [0.1, 0.15) is 6.04 Å². The molecule has 2 amide bonds. The fraction of sp³-hybridized carbons (Fsp3) is 0.613. The van der Waals surface area contributed by atoms with E-state index in [-0.39, 0.29) is 31.7 Å². The van der Waals surface area contributed by atoms with Gasteiger partial charge in [0.2, 0.25) is 11.8 Å². The number of alkyl halides is 3. The van der Waals surface area contributed by atoms with E-state index in [2.05, 4.69) is 9.97 Å². The van der Waals surface area contributed by atoms with Crippen molar-refractivity contribution in [2.24, 2.45) is 23.0 Å². The number of likely N-dealkylation sites (tertiary alicyclic amines) is 1. The highest BCUT2D eigenvalue weighted by Crippen LogP contribution is 2.56. The molecule has 228 valence electrons. The van der Waals surface area contributed by atoms with Crippen LogP contribution in [0.5, 0.6) is 5.88 Å². The minimum Gasteiger partial charge on any atom is -0.476 e. The SMILES string of the molecule is Cc1cc(C(=O)N2CC[C@H](O)[C@H]2C(N)=O)ccc1-c1cnc(OCC2CCC(CCC3(C(F)(F)F)CCC3)CC2)cn1. The maximum absolute atomic E-state index is 13.5. The van der Waals surface area contributed by atoms with E-state index in [4.69, 9.17) is 10.5 Å². The molecule has 8 nitrogen and oxygen atoms in total. The first-order chi connectivity index (χ1) is 20.0. The van der Waals surface area contributed by atoms with Crippen LogP contribution in [0.4, 0.5) is 13.2 Å². The number of carbonyl (C=O) groups is 2. The third-order valence-electron chi connectivity index (χ3n) is 9.67. The van der Waals surface area contributed by atoms with Crippen molar-refractivity contribution >= 4 is 11.8 Å². The molecule has 1 aromatic carbocycles. The van der Waals surface area contributed by atoms with Crippen LogP contribution in [-0.4, -0.2) is 63.3 Å². The molecule has 2 aromatic rings. The van der Waals surface area contributed by atoms with Gasteiger partial charge in [-0.05, 0) is 81.4 Å². The van der Waals surface area contributed by atoms with Crippen molar-refractivity contribution < 1.29 is 32.6 Å². The molecule has 2 aliphatic carbocycles. The summed E-state index contributed by atoms with van der Waals surface area (Å²) in [6.07, 6.45) is 4.37. The Labute approximate surface area is 243 Å². The zero-order chi connectivity index (χ0) is 30.1. The summed E-state index contributed by atoms with van der Waals surface area (Å²) >= 11 is 0. The Kier molecular flexibility index (Phi) is 8.78. The third kappa shape index (κ3) is 6.26. The number of carbonyl (C=O) groups excluding carboxylic acids is 2. The standard InChI is InChI=1S/C31H39F3N4O4/c1-19-15-22(29(41)38-14-10-25(39)27(38)28(35)40)7-8-23(19)24-16-37-26(17-36-24)42-18-21-5-3-20(4-6-21)9-13-30(11-2-12-30)31(32,33)34/h7-8,15-17,20-21,25,27,39H,2-6,9-14,18H2,1H3,(H2,35,40)/t20?,21?,25-,27-/m0/s1. The number of nitrogens with two attached hydrogens (primary N) is 1. The highest BCUT2D eigenvalue weighted by molar-refractivity contribution is 5.98. The van der Waals surface area contributed by atoms with Gasteiger partial charge in [-0.25, -0.2) is 9.97 Å². The van der Waals surface area contributed by atoms with Crippen LogP contribution in [0.1, 0.15) is 80.1 Å². The third-order valence-corrected chi connectivity index (χ3v) is 9.67. The number of ether oxygens (including phenoxy) is 1. The molecule has 1 aromatic heterocycles. The number of nitrogens with zero attached hydrogens (tertiary/aromatic N) is 3. The lowest BCUT2D eigenvalue weighted by molar-refractivity contribution is -0.254. The van der Waals surface area contributed by atoms with E-state index < -0.39 is 29.6 Å². The predicted octanol–water partition coefficient (Wildman–Crippen LogP) is 5.21. The molecule has 3 fully saturated rings. The summed E-state index contributed by atoms with van der Waals surface area (Å²) in [7, 11) is 0. The molecule has 0 radical (unpaired) electrons. The van der Waals surface area contributed by atoms with Crippen LogP contribution in [0.25, 0.3) is 11.3 Å². The normalized spacial score (nSPS) is 25.6. The number of aryl methyl sites for hydroxylation is 1. The van der Waals surface area contributed by atoms with Crippen molar-refractivity contribution in [3.05, 3.63) is 41.7 Å². The maximum Gasteiger partial charge on any atom is 0.394 e. The van der Waals surface area contributed by atoms with E-state index in [1.54, 1.807) is 30.6 Å². The van der Waals surface area contributed by atoms with Crippen LogP contribution in [0.15, 0.2) is 30.6 Å². The molecule has 2 atom stereocenters. The number of aliphatic hydroxyl groups is 1. The molecule has 11 heteroatoms. The molecule has 3 N–H and O–H groups in total. The van der Waals surface area contributed by atoms with Gasteiger partial charge in [0.25, 0.3) is 5.91 Å². The number of primary amides is 1. The lowest BCUT2D eigenvalue weighted by Crippen LogP contribution is -2.48. The quantitative estimate of drug-likeness (QED) is 0.415. The van der Waals surface area contributed by atoms with Crippen LogP contribution in [0.3, 0.4) is 0 Å². The molecule has 5 rings (SSSR count). The van der Waals surface area contributed by atoms with Gasteiger partial charge in [-0.2, -0.15) is 13.2 Å². The predicted molar refractivity (Wildman–Crippen MR) is 149 cm³/mol. The van der Waals surface area contributed by atoms with E-state index in [0.29, 0.717) is 54.8 Å². The zero-order valence-corrected chi connectivity index (χ0v) is 23.9. The number of benzene rings is 1. The summed E-state index contributed by atoms with van der Waals surface area (Å²) in [5, 5.41) is 10.0. The van der Waals surface area contributed by atoms with Gasteiger partial charge < -0.3 is 20.5 Å². The molecule has 2 saturated carbocycles. The Bertz CT molecular complexity index is 1270. The second-order valence-electron chi connectivity index (χ2n) is 12.3. The number of hydrogen-bond donors (Lipinski definition) is 2. The van der Waals surface area contributed by atoms with Crippen molar-refractivity contribution in [2.45, 2.75) is 89.5 Å². The lowest BCUT2D eigenvalue weighted by Gasteiger charge is -2.44. The first-order valence-electron chi connectivity index (χ1n) is 14.9. The molecular weight excluding hydrogens is 549 g/mol. The number of rotatable bonds is 9. The van der Waals surface area contributed by atoms with E-state index in [1.807, 2.05) is 6.92 Å². The number of aromatic nitrogens is 2. The molecule has 1 aliphatic heterocycles. The highest BCUT2D eigenvalue weighted by atomic mass is 19.4. The van der Waals surface area contributed by atoms with E-state index in [0.717, 1.165) is 36.8 Å². The van der Waals surface area contributed by atoms with Gasteiger partial charge in [-0.3, -0.25) is 9.59 Å². The molecule has 3 aliphatic rings. The minimum atomic E-state index is -4.08. The van der Waals surface area contributed by atoms with Crippen molar-refractivity contribution in [3.8, 4) is 17.1 Å². The van der Waals surface area contributed by atoms with E-state index in [9.17, 15) is 27.9 Å². The average Bonchev–Trinajstić information content (AvgIpc) is 3.32. The molecule has 2 heterocycles. The number of hydrogen-bond acceptors (Lipinski definition) is 6. The minimum absolute atomic E-state index is 0.255. The second-order valence-corrected chi connectivity index (χ2v) is 12.3. The average molecular weight is 589 g/mol. The fourth-order valence-corrected chi connectivity index (χ4v) is 6.78. The molecular formula is C31H39F3N4O4. The molecule has 0 bridgehead atoms. The Morgan fingerprint density at radius 1 is 1.10 bits per heavy atom. The summed E-state index contributed by atoms with van der Waals surface area (Å²) in [6, 6.07) is 4.12. The van der Waals surface area contributed by atoms with E-state index in [1.165, 1.54) is 4.90 Å². The van der Waals surface area contributed by atoms with Gasteiger partial charge in [-0.1, -0.05) is 25.3 Å². The van der Waals surface area contributed by atoms with Crippen molar-refractivity contribution in [1.29, 1.82) is 0 Å². The van der Waals surface area contributed by atoms with Gasteiger partial charge in [-0.15, -0.1) is 0 Å². The largest absolute Gasteiger partial charge is 0.476 e. The van der Waals surface area contributed by atoms with Crippen molar-refractivity contribution in [2.75, 3.05) is 13.2 Å². The first kappa shape index (κ1) is 30.3. The smallest absolute Gasteiger partial charge is 0.394 e. The van der Waals surface area contributed by atoms with Gasteiger partial charge in [0.15, 0.2) is 0 Å². The summed E-state index contributed by atoms with van der Waals surface area (Å²) in [5.41, 5.74) is 6.58. The number of amides is 2. The Hall–Kier alpha value is -3.21. The monoisotopic (exact) mass is 588 g/mol. The summed E-state index contributed by atoms with van der Waals surface area (Å²) in [5.74, 6) is 0.0243. The van der Waals surface area contributed by atoms with Crippen LogP contribution < -0.4 is 10.5 Å². The fourth-order valence-electron chi connectivity index (χ4n) is 6.78. The molecule has 42 heavy (non-hydrogen) atoms. The highest BCUT2D eigenvalue weighted by Gasteiger charge is 2.57. The van der Waals surface area contributed by atoms with Gasteiger partial charge in [0.05, 0.1) is 36.2 Å². The number of halogens is 3. The first-order valence-corrected chi connectivity index (χ1v) is 14.9. The Morgan fingerprint density at radius 2 is 1.81 bits per heavy atom. The Morgan fingerprint density at radius 3 is 2.38 bits per heavy atom. The molecule has 1 saturated heterocycles. The van der Waals surface area contributed by atoms with E-state index >= 15 is 0 Å². The van der Waals surface area contributed by atoms with Crippen LogP contribution in [-0.2, 0) is 4.79 Å². The Balaban J connectivity index is 1.10. The van der Waals surface area contributed by atoms with Crippen LogP contribution in [0, 0.1) is 24.2 Å². The topological polar surface area (TPSA) is 119 Å². The summed E-state index contributed by atoms with van der Waals surface area (Å²) in [6.45, 7) is 2.61. The zero-order valence-electron chi connectivity index (χ0n) is 23.9. The summed E-state index contributed by atoms with van der Waals surface area (Å²) in [4.78, 5) is 35.0. The second kappa shape index (κ2) is 12.2. The molecule has 0 unspecified atom stereocenters. The maximum atomic E-state index is 13.5. The summed E-state index contributed by atoms with van der Waals surface area (Å²) < 4.78 is 46.3. The van der Waals surface area contributed by atoms with Crippen LogP contribution in [0.2, 0.25) is 0 Å². The number of aliphatic hydroxyl groups excluding tert-OH is 1. The lowest BCUT2D eigenvalue weighted by atomic mass is 9.64. The van der Waals surface area contributed by atoms with Gasteiger partial charge >= 0.3 is 6.18 Å². The van der Waals surface area contributed by atoms with Crippen molar-refractivity contribution in [3.63, 3.8) is 0 Å². The van der Waals surface area contributed by atoms with Crippen LogP contribution >= 0.6 is 0 Å². The van der Waals surface area contributed by atoms with Gasteiger partial charge in [0, 0.05) is 17.7 Å². The molecule has 0 spiro atoms.